The van der Waals surface area contributed by atoms with Crippen molar-refractivity contribution < 1.29 is 0 Å². The molecule has 0 saturated heterocycles. The lowest BCUT2D eigenvalue weighted by Gasteiger charge is -2.00. The van der Waals surface area contributed by atoms with Crippen LogP contribution in [0.2, 0.25) is 0 Å². The van der Waals surface area contributed by atoms with Crippen LogP contribution in [0.25, 0.3) is 0 Å². The third kappa shape index (κ3) is 2.12. The summed E-state index contributed by atoms with van der Waals surface area (Å²) in [6.45, 7) is 5.09. The number of hydrogen-bond donors (Lipinski definition) is 1. The molecule has 1 N–H and O–H groups in total. The van der Waals surface area contributed by atoms with Gasteiger partial charge in [0.1, 0.15) is 5.82 Å². The molecule has 0 bridgehead atoms. The molecule has 1 aliphatic rings. The van der Waals surface area contributed by atoms with E-state index in [9.17, 15) is 0 Å². The molecule has 1 aromatic heterocycles. The van der Waals surface area contributed by atoms with E-state index >= 15 is 0 Å². The van der Waals surface area contributed by atoms with E-state index in [0.29, 0.717) is 5.92 Å². The Kier molecular flexibility index (Phi) is 2.54. The van der Waals surface area contributed by atoms with Crippen LogP contribution in [0.3, 0.4) is 0 Å². The van der Waals surface area contributed by atoms with Gasteiger partial charge in [-0.25, -0.2) is 4.98 Å². The highest BCUT2D eigenvalue weighted by Gasteiger charge is 2.21. The minimum Gasteiger partial charge on any atom is -0.307 e. The molecule has 0 atom stereocenters. The zero-order valence-electron chi connectivity index (χ0n) is 9.12. The van der Waals surface area contributed by atoms with Gasteiger partial charge in [-0.05, 0) is 12.8 Å². The molecule has 1 aliphatic carbocycles. The number of aryl methyl sites for hydroxylation is 1. The van der Waals surface area contributed by atoms with Crippen molar-refractivity contribution in [1.29, 1.82) is 0 Å². The molecule has 4 heteroatoms. The molecule has 14 heavy (non-hydrogen) atoms. The van der Waals surface area contributed by atoms with E-state index < -0.39 is 0 Å². The van der Waals surface area contributed by atoms with Crippen LogP contribution >= 0.6 is 0 Å². The topological polar surface area (TPSA) is 42.7 Å². The normalized spacial score (nSPS) is 16.6. The molecule has 1 aromatic rings. The van der Waals surface area contributed by atoms with Gasteiger partial charge in [-0.1, -0.05) is 13.8 Å². The van der Waals surface area contributed by atoms with E-state index in [1.54, 1.807) is 0 Å². The lowest BCUT2D eigenvalue weighted by atomic mass is 10.2. The lowest BCUT2D eigenvalue weighted by molar-refractivity contribution is 0.610. The maximum Gasteiger partial charge on any atom is 0.153 e. The van der Waals surface area contributed by atoms with Gasteiger partial charge >= 0.3 is 0 Å². The third-order valence-electron chi connectivity index (χ3n) is 2.51. The van der Waals surface area contributed by atoms with E-state index in [2.05, 4.69) is 29.2 Å². The lowest BCUT2D eigenvalue weighted by Crippen LogP contribution is -2.18. The fourth-order valence-electron chi connectivity index (χ4n) is 1.36. The van der Waals surface area contributed by atoms with Crippen LogP contribution in [0.5, 0.6) is 0 Å². The number of aromatic nitrogens is 3. The molecule has 2 rings (SSSR count). The predicted octanol–water partition coefficient (Wildman–Crippen LogP) is 1.19. The third-order valence-corrected chi connectivity index (χ3v) is 2.51. The maximum absolute atomic E-state index is 4.50. The Hall–Kier alpha value is -0.900. The Balaban J connectivity index is 2.00. The summed E-state index contributed by atoms with van der Waals surface area (Å²) in [6.07, 6.45) is 2.63. The highest BCUT2D eigenvalue weighted by molar-refractivity contribution is 4.97. The van der Waals surface area contributed by atoms with Crippen molar-refractivity contribution in [1.82, 2.24) is 20.1 Å². The predicted molar refractivity (Wildman–Crippen MR) is 55.0 cm³/mol. The molecule has 1 saturated carbocycles. The first-order chi connectivity index (χ1) is 6.66. The minimum absolute atomic E-state index is 0.413. The van der Waals surface area contributed by atoms with Gasteiger partial charge in [0.2, 0.25) is 0 Å². The van der Waals surface area contributed by atoms with Crippen LogP contribution in [-0.4, -0.2) is 20.8 Å². The largest absolute Gasteiger partial charge is 0.307 e. The van der Waals surface area contributed by atoms with Gasteiger partial charge in [0.25, 0.3) is 0 Å². The zero-order chi connectivity index (χ0) is 10.1. The second kappa shape index (κ2) is 3.69. The van der Waals surface area contributed by atoms with Crippen molar-refractivity contribution in [3.8, 4) is 0 Å². The standard InChI is InChI=1S/C10H18N4/c1-7(2)10-12-9(14(3)13-10)6-11-8-4-5-8/h7-8,11H,4-6H2,1-3H3. The van der Waals surface area contributed by atoms with Gasteiger partial charge in [-0.3, -0.25) is 4.68 Å². The van der Waals surface area contributed by atoms with Crippen LogP contribution in [-0.2, 0) is 13.6 Å². The van der Waals surface area contributed by atoms with Gasteiger partial charge in [0, 0.05) is 19.0 Å². The number of nitrogens with one attached hydrogen (secondary N) is 1. The number of hydrogen-bond acceptors (Lipinski definition) is 3. The summed E-state index contributed by atoms with van der Waals surface area (Å²) < 4.78 is 1.88. The number of rotatable bonds is 4. The summed E-state index contributed by atoms with van der Waals surface area (Å²) >= 11 is 0. The highest BCUT2D eigenvalue weighted by Crippen LogP contribution is 2.19. The maximum atomic E-state index is 4.50. The highest BCUT2D eigenvalue weighted by atomic mass is 15.3. The van der Waals surface area contributed by atoms with Crippen LogP contribution < -0.4 is 5.32 Å². The van der Waals surface area contributed by atoms with Crippen molar-refractivity contribution in [2.24, 2.45) is 7.05 Å². The van der Waals surface area contributed by atoms with Crippen molar-refractivity contribution in [2.75, 3.05) is 0 Å². The monoisotopic (exact) mass is 194 g/mol. The second-order valence-electron chi connectivity index (χ2n) is 4.32. The molecule has 78 valence electrons. The minimum atomic E-state index is 0.413. The van der Waals surface area contributed by atoms with E-state index in [4.69, 9.17) is 0 Å². The fraction of sp³-hybridized carbons (Fsp3) is 0.800. The first kappa shape index (κ1) is 9.65. The summed E-state index contributed by atoms with van der Waals surface area (Å²) in [4.78, 5) is 4.50. The SMILES string of the molecule is CC(C)c1nc(CNC2CC2)n(C)n1. The van der Waals surface area contributed by atoms with Crippen molar-refractivity contribution in [3.63, 3.8) is 0 Å². The van der Waals surface area contributed by atoms with Crippen molar-refractivity contribution >= 4 is 0 Å². The molecule has 4 nitrogen and oxygen atoms in total. The molecule has 0 unspecified atom stereocenters. The molecular formula is C10H18N4. The van der Waals surface area contributed by atoms with E-state index in [1.807, 2.05) is 11.7 Å². The van der Waals surface area contributed by atoms with Crippen molar-refractivity contribution in [2.45, 2.75) is 45.2 Å². The molecule has 1 heterocycles. The molecule has 0 radical (unpaired) electrons. The Morgan fingerprint density at radius 1 is 1.50 bits per heavy atom. The quantitative estimate of drug-likeness (QED) is 0.783. The molecule has 0 aromatic carbocycles. The summed E-state index contributed by atoms with van der Waals surface area (Å²) in [5.41, 5.74) is 0. The van der Waals surface area contributed by atoms with E-state index in [0.717, 1.165) is 24.2 Å². The summed E-state index contributed by atoms with van der Waals surface area (Å²) in [5, 5.41) is 7.82. The van der Waals surface area contributed by atoms with E-state index in [1.165, 1.54) is 12.8 Å². The average molecular weight is 194 g/mol. The zero-order valence-corrected chi connectivity index (χ0v) is 9.12. The first-order valence-corrected chi connectivity index (χ1v) is 5.30. The molecule has 0 aliphatic heterocycles. The molecule has 0 amide bonds. The molecular weight excluding hydrogens is 176 g/mol. The van der Waals surface area contributed by atoms with Crippen LogP contribution in [0.4, 0.5) is 0 Å². The van der Waals surface area contributed by atoms with Crippen LogP contribution in [0, 0.1) is 0 Å². The van der Waals surface area contributed by atoms with Gasteiger partial charge in [0.15, 0.2) is 5.82 Å². The summed E-state index contributed by atoms with van der Waals surface area (Å²) in [5.74, 6) is 2.40. The smallest absolute Gasteiger partial charge is 0.153 e. The summed E-state index contributed by atoms with van der Waals surface area (Å²) in [6, 6.07) is 0.731. The molecule has 1 fully saturated rings. The number of nitrogens with zero attached hydrogens (tertiary/aromatic N) is 3. The summed E-state index contributed by atoms with van der Waals surface area (Å²) in [7, 11) is 1.96. The van der Waals surface area contributed by atoms with Gasteiger partial charge in [0.05, 0.1) is 6.54 Å². The Morgan fingerprint density at radius 3 is 2.71 bits per heavy atom. The van der Waals surface area contributed by atoms with E-state index in [-0.39, 0.29) is 0 Å². The fourth-order valence-corrected chi connectivity index (χ4v) is 1.36. The Bertz CT molecular complexity index is 312. The van der Waals surface area contributed by atoms with Gasteiger partial charge in [-0.2, -0.15) is 5.10 Å². The average Bonchev–Trinajstić information content (AvgIpc) is 2.87. The second-order valence-corrected chi connectivity index (χ2v) is 4.32. The Labute approximate surface area is 84.7 Å². The van der Waals surface area contributed by atoms with Crippen LogP contribution in [0.1, 0.15) is 44.3 Å². The van der Waals surface area contributed by atoms with Crippen molar-refractivity contribution in [3.05, 3.63) is 11.6 Å². The Morgan fingerprint density at radius 2 is 2.21 bits per heavy atom. The first-order valence-electron chi connectivity index (χ1n) is 5.30. The molecule has 0 spiro atoms. The van der Waals surface area contributed by atoms with Gasteiger partial charge in [-0.15, -0.1) is 0 Å². The van der Waals surface area contributed by atoms with Crippen LogP contribution in [0.15, 0.2) is 0 Å². The van der Waals surface area contributed by atoms with Gasteiger partial charge < -0.3 is 5.32 Å².